The molecule has 8 atom stereocenters. The fraction of sp³-hybridized carbons (Fsp3) is 0.952. The Hall–Kier alpha value is -0.570. The first kappa shape index (κ1) is 15.7. The van der Waals surface area contributed by atoms with E-state index in [2.05, 4.69) is 25.7 Å². The number of carbonyl (C=O) groups is 1. The first-order valence-corrected chi connectivity index (χ1v) is 10.4. The highest BCUT2D eigenvalue weighted by Crippen LogP contribution is 2.78. The van der Waals surface area contributed by atoms with Crippen LogP contribution >= 0.6 is 0 Å². The van der Waals surface area contributed by atoms with E-state index >= 15 is 0 Å². The smallest absolute Gasteiger partial charge is 0.304 e. The highest BCUT2D eigenvalue weighted by atomic mass is 16.4. The number of carboxylic acids is 1. The SMILES string of the molecule is CC(C)[C@H]1CC[C@@]2(C)[C@@H]3CC[C@]45CCCC4[C@@]2(CC(=O)O)[C@H]1N5C3. The summed E-state index contributed by atoms with van der Waals surface area (Å²) >= 11 is 0. The van der Waals surface area contributed by atoms with Gasteiger partial charge in [0, 0.05) is 23.5 Å². The molecular weight excluding hydrogens is 298 g/mol. The number of hydrogen-bond donors (Lipinski definition) is 1. The first-order valence-electron chi connectivity index (χ1n) is 10.4. The lowest BCUT2D eigenvalue weighted by Crippen LogP contribution is -2.68. The van der Waals surface area contributed by atoms with Crippen LogP contribution in [0.15, 0.2) is 0 Å². The highest BCUT2D eigenvalue weighted by Gasteiger charge is 2.80. The number of carboxylic acid groups (broad SMARTS) is 1. The minimum absolute atomic E-state index is 0.0436. The van der Waals surface area contributed by atoms with Gasteiger partial charge in [-0.1, -0.05) is 27.2 Å². The van der Waals surface area contributed by atoms with Crippen molar-refractivity contribution in [2.75, 3.05) is 6.54 Å². The topological polar surface area (TPSA) is 40.5 Å². The lowest BCUT2D eigenvalue weighted by atomic mass is 9.42. The molecule has 5 rings (SSSR count). The van der Waals surface area contributed by atoms with Gasteiger partial charge in [-0.05, 0) is 67.6 Å². The van der Waals surface area contributed by atoms with Crippen molar-refractivity contribution in [3.05, 3.63) is 0 Å². The summed E-state index contributed by atoms with van der Waals surface area (Å²) in [6.45, 7) is 8.54. The molecule has 1 N–H and O–H groups in total. The molecule has 24 heavy (non-hydrogen) atoms. The summed E-state index contributed by atoms with van der Waals surface area (Å²) in [5, 5.41) is 9.97. The lowest BCUT2D eigenvalue weighted by molar-refractivity contribution is -0.189. The molecule has 3 saturated heterocycles. The van der Waals surface area contributed by atoms with Gasteiger partial charge >= 0.3 is 5.97 Å². The number of hydrogen-bond acceptors (Lipinski definition) is 2. The maximum atomic E-state index is 12.1. The first-order chi connectivity index (χ1) is 11.4. The monoisotopic (exact) mass is 331 g/mol. The quantitative estimate of drug-likeness (QED) is 0.844. The van der Waals surface area contributed by atoms with Crippen molar-refractivity contribution in [1.29, 1.82) is 0 Å². The number of piperidine rings is 2. The van der Waals surface area contributed by atoms with Crippen molar-refractivity contribution in [3.8, 4) is 0 Å². The predicted molar refractivity (Wildman–Crippen MR) is 93.6 cm³/mol. The van der Waals surface area contributed by atoms with E-state index in [1.165, 1.54) is 51.5 Å². The molecule has 0 amide bonds. The normalized spacial score (nSPS) is 57.4. The molecule has 2 aliphatic carbocycles. The van der Waals surface area contributed by atoms with E-state index in [0.717, 1.165) is 5.92 Å². The van der Waals surface area contributed by atoms with Gasteiger partial charge in [-0.3, -0.25) is 9.69 Å². The second-order valence-electron chi connectivity index (χ2n) is 10.4. The molecule has 5 fully saturated rings. The predicted octanol–water partition coefficient (Wildman–Crippen LogP) is 4.17. The van der Waals surface area contributed by atoms with E-state index in [1.807, 2.05) is 0 Å². The summed E-state index contributed by atoms with van der Waals surface area (Å²) in [5.41, 5.74) is 0.666. The van der Waals surface area contributed by atoms with Gasteiger partial charge in [-0.15, -0.1) is 0 Å². The zero-order valence-electron chi connectivity index (χ0n) is 15.6. The average Bonchev–Trinajstić information content (AvgIpc) is 2.97. The number of fused-ring (bicyclic) bond motifs is 2. The fourth-order valence-corrected chi connectivity index (χ4v) is 9.08. The van der Waals surface area contributed by atoms with Crippen LogP contribution in [0.1, 0.15) is 72.1 Å². The molecule has 2 saturated carbocycles. The third-order valence-electron chi connectivity index (χ3n) is 9.82. The van der Waals surface area contributed by atoms with Gasteiger partial charge in [0.2, 0.25) is 0 Å². The minimum Gasteiger partial charge on any atom is -0.481 e. The van der Waals surface area contributed by atoms with E-state index in [9.17, 15) is 9.90 Å². The summed E-state index contributed by atoms with van der Waals surface area (Å²) < 4.78 is 0. The molecule has 3 heterocycles. The third kappa shape index (κ3) is 1.45. The highest BCUT2D eigenvalue weighted by molar-refractivity contribution is 5.69. The zero-order chi connectivity index (χ0) is 16.9. The van der Waals surface area contributed by atoms with E-state index in [0.29, 0.717) is 35.8 Å². The Morgan fingerprint density at radius 2 is 2.00 bits per heavy atom. The molecule has 1 spiro atoms. The van der Waals surface area contributed by atoms with E-state index in [4.69, 9.17) is 0 Å². The Morgan fingerprint density at radius 1 is 1.21 bits per heavy atom. The van der Waals surface area contributed by atoms with Gasteiger partial charge in [0.05, 0.1) is 6.42 Å². The Balaban J connectivity index is 1.76. The van der Waals surface area contributed by atoms with Crippen molar-refractivity contribution in [3.63, 3.8) is 0 Å². The molecular formula is C21H33NO2. The summed E-state index contributed by atoms with van der Waals surface area (Å²) in [6, 6.07) is 0.536. The lowest BCUT2D eigenvalue weighted by Gasteiger charge is -2.66. The Labute approximate surface area is 146 Å². The number of nitrogens with zero attached hydrogens (tertiary/aromatic N) is 1. The van der Waals surface area contributed by atoms with Crippen LogP contribution in [-0.2, 0) is 4.79 Å². The van der Waals surface area contributed by atoms with Gasteiger partial charge in [0.25, 0.3) is 0 Å². The van der Waals surface area contributed by atoms with Crippen molar-refractivity contribution < 1.29 is 9.90 Å². The number of aliphatic carboxylic acids is 1. The van der Waals surface area contributed by atoms with Gasteiger partial charge in [-0.25, -0.2) is 0 Å². The maximum Gasteiger partial charge on any atom is 0.304 e. The molecule has 5 aliphatic rings. The third-order valence-corrected chi connectivity index (χ3v) is 9.82. The van der Waals surface area contributed by atoms with Crippen LogP contribution in [0.3, 0.4) is 0 Å². The molecule has 0 radical (unpaired) electrons. The standard InChI is InChI=1S/C21H33NO2/c1-13(2)15-7-9-19(3)14-6-10-20-8-4-5-16(20)21(19,11-17(23)24)18(15)22(20)12-14/h13-16,18H,4-12H2,1-3H3,(H,23,24)/t14-,15-,16?,18+,19+,20-,21+/m1/s1. The van der Waals surface area contributed by atoms with E-state index < -0.39 is 5.97 Å². The molecule has 2 unspecified atom stereocenters. The van der Waals surface area contributed by atoms with Crippen molar-refractivity contribution >= 4 is 5.97 Å². The van der Waals surface area contributed by atoms with Crippen LogP contribution in [0.4, 0.5) is 0 Å². The minimum atomic E-state index is -0.541. The second-order valence-corrected chi connectivity index (χ2v) is 10.4. The van der Waals surface area contributed by atoms with Crippen LogP contribution in [0, 0.1) is 34.5 Å². The molecule has 0 aromatic rings. The summed E-state index contributed by atoms with van der Waals surface area (Å²) in [6.07, 6.45) is 9.65. The van der Waals surface area contributed by atoms with E-state index in [-0.39, 0.29) is 10.8 Å². The number of rotatable bonds is 3. The van der Waals surface area contributed by atoms with Crippen LogP contribution < -0.4 is 0 Å². The van der Waals surface area contributed by atoms with Crippen molar-refractivity contribution in [2.45, 2.75) is 83.7 Å². The Kier molecular flexibility index (Phi) is 2.99. The van der Waals surface area contributed by atoms with Crippen LogP contribution in [0.25, 0.3) is 0 Å². The van der Waals surface area contributed by atoms with Gasteiger partial charge in [0.15, 0.2) is 0 Å². The Morgan fingerprint density at radius 3 is 2.71 bits per heavy atom. The van der Waals surface area contributed by atoms with Gasteiger partial charge in [-0.2, -0.15) is 0 Å². The fourth-order valence-electron chi connectivity index (χ4n) is 9.08. The Bertz CT molecular complexity index is 588. The maximum absolute atomic E-state index is 12.1. The van der Waals surface area contributed by atoms with Gasteiger partial charge in [0.1, 0.15) is 0 Å². The average molecular weight is 332 g/mol. The molecule has 0 aromatic carbocycles. The molecule has 3 aliphatic heterocycles. The summed E-state index contributed by atoms with van der Waals surface area (Å²) in [4.78, 5) is 15.0. The molecule has 3 heteroatoms. The zero-order valence-corrected chi connectivity index (χ0v) is 15.6. The molecule has 3 nitrogen and oxygen atoms in total. The second kappa shape index (κ2) is 4.58. The largest absolute Gasteiger partial charge is 0.481 e. The van der Waals surface area contributed by atoms with Crippen molar-refractivity contribution in [2.24, 2.45) is 34.5 Å². The van der Waals surface area contributed by atoms with Gasteiger partial charge < -0.3 is 5.11 Å². The van der Waals surface area contributed by atoms with Crippen molar-refractivity contribution in [1.82, 2.24) is 4.90 Å². The molecule has 0 aromatic heterocycles. The molecule has 134 valence electrons. The summed E-state index contributed by atoms with van der Waals surface area (Å²) in [7, 11) is 0. The van der Waals surface area contributed by atoms with Crippen LogP contribution in [0.2, 0.25) is 0 Å². The van der Waals surface area contributed by atoms with Crippen LogP contribution in [-0.4, -0.2) is 34.1 Å². The van der Waals surface area contributed by atoms with Crippen LogP contribution in [0.5, 0.6) is 0 Å². The van der Waals surface area contributed by atoms with E-state index in [1.54, 1.807) is 0 Å². The molecule has 5 bridgehead atoms. The summed E-state index contributed by atoms with van der Waals surface area (Å²) in [5.74, 6) is 2.20.